The monoisotopic (exact) mass is 369 g/mol. The fourth-order valence-corrected chi connectivity index (χ4v) is 2.56. The van der Waals surface area contributed by atoms with E-state index in [0.29, 0.717) is 21.4 Å². The van der Waals surface area contributed by atoms with Crippen LogP contribution in [0.3, 0.4) is 0 Å². The summed E-state index contributed by atoms with van der Waals surface area (Å²) in [6.45, 7) is 1.87. The van der Waals surface area contributed by atoms with Crippen LogP contribution in [0, 0.1) is 6.92 Å². The van der Waals surface area contributed by atoms with Gasteiger partial charge >= 0.3 is 12.0 Å². The van der Waals surface area contributed by atoms with Gasteiger partial charge in [-0.15, -0.1) is 16.4 Å². The van der Waals surface area contributed by atoms with Gasteiger partial charge < -0.3 is 9.73 Å². The molecule has 1 aromatic carbocycles. The molecule has 10 heteroatoms. The molecule has 2 N–H and O–H groups in total. The summed E-state index contributed by atoms with van der Waals surface area (Å²) >= 11 is 13.2. The highest BCUT2D eigenvalue weighted by Crippen LogP contribution is 2.25. The number of aromatic nitrogens is 3. The van der Waals surface area contributed by atoms with Gasteiger partial charge in [0.2, 0.25) is 0 Å². The van der Waals surface area contributed by atoms with Crippen molar-refractivity contribution in [3.05, 3.63) is 38.6 Å². The number of amides is 2. The van der Waals surface area contributed by atoms with E-state index in [9.17, 15) is 4.79 Å². The van der Waals surface area contributed by atoms with Crippen molar-refractivity contribution in [2.24, 2.45) is 0 Å². The Balaban J connectivity index is 1.66. The van der Waals surface area contributed by atoms with Gasteiger partial charge in [-0.1, -0.05) is 28.3 Å². The number of nitrogens with zero attached hydrogens (tertiary/aromatic N) is 3. The molecule has 3 aromatic rings. The third-order valence-electron chi connectivity index (χ3n) is 2.66. The Morgan fingerprint density at radius 2 is 2.04 bits per heavy atom. The molecule has 0 saturated heterocycles. The summed E-state index contributed by atoms with van der Waals surface area (Å²) in [5, 5.41) is 16.0. The maximum atomic E-state index is 11.9. The summed E-state index contributed by atoms with van der Waals surface area (Å²) in [5.74, 6) is 0.235. The van der Waals surface area contributed by atoms with Crippen molar-refractivity contribution >= 4 is 52.3 Å². The number of hydrogen-bond donors (Lipinski definition) is 2. The fourth-order valence-electron chi connectivity index (χ4n) is 1.67. The van der Waals surface area contributed by atoms with E-state index in [1.807, 2.05) is 6.92 Å². The molecular formula is C13H9Cl2N5O2S. The van der Waals surface area contributed by atoms with E-state index >= 15 is 0 Å². The van der Waals surface area contributed by atoms with E-state index in [1.165, 1.54) is 17.4 Å². The first kappa shape index (κ1) is 15.7. The van der Waals surface area contributed by atoms with Gasteiger partial charge in [-0.05, 0) is 25.1 Å². The van der Waals surface area contributed by atoms with Gasteiger partial charge in [0.15, 0.2) is 0 Å². The number of halogens is 2. The lowest BCUT2D eigenvalue weighted by atomic mass is 10.3. The minimum absolute atomic E-state index is 0.0387. The van der Waals surface area contributed by atoms with Crippen LogP contribution in [0.1, 0.15) is 5.01 Å². The number of carbonyl (C=O) groups excluding carboxylic acids is 1. The van der Waals surface area contributed by atoms with Gasteiger partial charge in [0.05, 0.1) is 15.1 Å². The van der Waals surface area contributed by atoms with Crippen molar-refractivity contribution in [2.75, 3.05) is 10.6 Å². The minimum Gasteiger partial charge on any atom is -0.401 e. The largest absolute Gasteiger partial charge is 0.401 e. The lowest BCUT2D eigenvalue weighted by molar-refractivity contribution is 0.261. The quantitative estimate of drug-likeness (QED) is 0.710. The number of thiazole rings is 1. The molecule has 0 unspecified atom stereocenters. The van der Waals surface area contributed by atoms with E-state index in [-0.39, 0.29) is 11.9 Å². The third kappa shape index (κ3) is 3.79. The van der Waals surface area contributed by atoms with Crippen LogP contribution in [-0.2, 0) is 0 Å². The standard InChI is InChI=1S/C13H9Cl2N5O2S/c1-6-16-10(5-23-6)11-19-20-13(22-11)18-12(21)17-7-2-3-8(14)9(15)4-7/h2-5H,1H3,(H2,17,18,20,21). The number of nitrogens with one attached hydrogen (secondary N) is 2. The number of carbonyl (C=O) groups is 1. The fraction of sp³-hybridized carbons (Fsp3) is 0.0769. The average molecular weight is 370 g/mol. The van der Waals surface area contributed by atoms with Crippen molar-refractivity contribution < 1.29 is 9.21 Å². The highest BCUT2D eigenvalue weighted by Gasteiger charge is 2.13. The first-order chi connectivity index (χ1) is 11.0. The molecule has 0 radical (unpaired) electrons. The van der Waals surface area contributed by atoms with Crippen molar-refractivity contribution in [3.8, 4) is 11.6 Å². The molecule has 0 bridgehead atoms. The van der Waals surface area contributed by atoms with Crippen molar-refractivity contribution in [1.29, 1.82) is 0 Å². The molecule has 0 fully saturated rings. The maximum Gasteiger partial charge on any atom is 0.327 e. The number of hydrogen-bond acceptors (Lipinski definition) is 6. The van der Waals surface area contributed by atoms with E-state index in [2.05, 4.69) is 25.8 Å². The lowest BCUT2D eigenvalue weighted by Crippen LogP contribution is -2.19. The van der Waals surface area contributed by atoms with Crippen LogP contribution in [0.25, 0.3) is 11.6 Å². The molecule has 0 atom stereocenters. The molecular weight excluding hydrogens is 361 g/mol. The molecule has 0 aliphatic rings. The zero-order valence-corrected chi connectivity index (χ0v) is 14.0. The highest BCUT2D eigenvalue weighted by molar-refractivity contribution is 7.09. The Morgan fingerprint density at radius 1 is 1.22 bits per heavy atom. The van der Waals surface area contributed by atoms with Gasteiger partial charge in [0.1, 0.15) is 5.69 Å². The van der Waals surface area contributed by atoms with Crippen LogP contribution in [-0.4, -0.2) is 21.2 Å². The zero-order valence-electron chi connectivity index (χ0n) is 11.6. The second kappa shape index (κ2) is 6.53. The van der Waals surface area contributed by atoms with Crippen molar-refractivity contribution in [2.45, 2.75) is 6.92 Å². The first-order valence-electron chi connectivity index (χ1n) is 6.30. The van der Waals surface area contributed by atoms with E-state index < -0.39 is 6.03 Å². The molecule has 2 heterocycles. The van der Waals surface area contributed by atoms with Crippen molar-refractivity contribution in [3.63, 3.8) is 0 Å². The smallest absolute Gasteiger partial charge is 0.327 e. The number of anilines is 2. The number of aryl methyl sites for hydroxylation is 1. The zero-order chi connectivity index (χ0) is 16.4. The van der Waals surface area contributed by atoms with Gasteiger partial charge in [0, 0.05) is 11.1 Å². The summed E-state index contributed by atoms with van der Waals surface area (Å²) in [6, 6.07) is 4.14. The van der Waals surface area contributed by atoms with E-state index in [4.69, 9.17) is 27.6 Å². The van der Waals surface area contributed by atoms with E-state index in [1.54, 1.807) is 17.5 Å². The summed E-state index contributed by atoms with van der Waals surface area (Å²) in [5.41, 5.74) is 1.05. The number of benzene rings is 1. The molecule has 2 amide bonds. The second-order valence-corrected chi connectivity index (χ2v) is 6.25. The molecule has 118 valence electrons. The van der Waals surface area contributed by atoms with Crippen LogP contribution in [0.5, 0.6) is 0 Å². The number of urea groups is 1. The second-order valence-electron chi connectivity index (χ2n) is 4.37. The Kier molecular flexibility index (Phi) is 4.46. The Bertz CT molecular complexity index is 864. The van der Waals surface area contributed by atoms with Gasteiger partial charge in [-0.2, -0.15) is 0 Å². The molecule has 23 heavy (non-hydrogen) atoms. The average Bonchev–Trinajstić information content (AvgIpc) is 3.12. The summed E-state index contributed by atoms with van der Waals surface area (Å²) in [7, 11) is 0. The molecule has 7 nitrogen and oxygen atoms in total. The summed E-state index contributed by atoms with van der Waals surface area (Å²) < 4.78 is 5.34. The SMILES string of the molecule is Cc1nc(-c2nnc(NC(=O)Nc3ccc(Cl)c(Cl)c3)o2)cs1. The van der Waals surface area contributed by atoms with Crippen LogP contribution >= 0.6 is 34.5 Å². The lowest BCUT2D eigenvalue weighted by Gasteiger charge is -2.05. The van der Waals surface area contributed by atoms with Crippen LogP contribution in [0.15, 0.2) is 28.0 Å². The highest BCUT2D eigenvalue weighted by atomic mass is 35.5. The molecule has 0 saturated carbocycles. The predicted molar refractivity (Wildman–Crippen MR) is 89.2 cm³/mol. The Hall–Kier alpha value is -2.16. The predicted octanol–water partition coefficient (Wildman–Crippen LogP) is 4.45. The van der Waals surface area contributed by atoms with Gasteiger partial charge in [-0.25, -0.2) is 9.78 Å². The van der Waals surface area contributed by atoms with Crippen LogP contribution in [0.2, 0.25) is 10.0 Å². The Labute approximate surface area is 144 Å². The van der Waals surface area contributed by atoms with E-state index in [0.717, 1.165) is 5.01 Å². The number of rotatable bonds is 3. The van der Waals surface area contributed by atoms with Crippen LogP contribution < -0.4 is 10.6 Å². The third-order valence-corrected chi connectivity index (χ3v) is 4.17. The maximum absolute atomic E-state index is 11.9. The van der Waals surface area contributed by atoms with Gasteiger partial charge in [0.25, 0.3) is 5.89 Å². The molecule has 0 aliphatic carbocycles. The first-order valence-corrected chi connectivity index (χ1v) is 7.94. The topological polar surface area (TPSA) is 92.9 Å². The summed E-state index contributed by atoms with van der Waals surface area (Å²) in [6.07, 6.45) is 0. The summed E-state index contributed by atoms with van der Waals surface area (Å²) in [4.78, 5) is 16.1. The van der Waals surface area contributed by atoms with Crippen LogP contribution in [0.4, 0.5) is 16.5 Å². The van der Waals surface area contributed by atoms with Crippen molar-refractivity contribution in [1.82, 2.24) is 15.2 Å². The normalized spacial score (nSPS) is 10.6. The molecule has 0 aliphatic heterocycles. The minimum atomic E-state index is -0.548. The molecule has 0 spiro atoms. The molecule has 2 aromatic heterocycles. The Morgan fingerprint density at radius 3 is 2.74 bits per heavy atom. The molecule has 3 rings (SSSR count). The van der Waals surface area contributed by atoms with Gasteiger partial charge in [-0.3, -0.25) is 5.32 Å².